The maximum Gasteiger partial charge on any atom is 0.416 e. The van der Waals surface area contributed by atoms with E-state index in [0.717, 1.165) is 26.6 Å². The fourth-order valence-electron chi connectivity index (χ4n) is 2.28. The summed E-state index contributed by atoms with van der Waals surface area (Å²) in [6, 6.07) is 11.0. The Morgan fingerprint density at radius 3 is 2.56 bits per heavy atom. The van der Waals surface area contributed by atoms with Crippen LogP contribution in [0, 0.1) is 6.92 Å². The van der Waals surface area contributed by atoms with Crippen molar-refractivity contribution >= 4 is 35.1 Å². The molecule has 0 fully saturated rings. The monoisotopic (exact) mass is 411 g/mol. The van der Waals surface area contributed by atoms with Gasteiger partial charge in [-0.3, -0.25) is 0 Å². The SMILES string of the molecule is Cc1c(Sc2ccc(Cl)cc2)cnn1C(=O)Nc1cccc(C(F)(F)F)c1. The highest BCUT2D eigenvalue weighted by atomic mass is 35.5. The number of amides is 1. The van der Waals surface area contributed by atoms with E-state index >= 15 is 0 Å². The molecule has 0 saturated carbocycles. The van der Waals surface area contributed by atoms with Crippen molar-refractivity contribution in [1.82, 2.24) is 9.78 Å². The Bertz CT molecular complexity index is 971. The summed E-state index contributed by atoms with van der Waals surface area (Å²) in [7, 11) is 0. The van der Waals surface area contributed by atoms with Crippen LogP contribution in [-0.4, -0.2) is 15.8 Å². The highest BCUT2D eigenvalue weighted by molar-refractivity contribution is 7.99. The largest absolute Gasteiger partial charge is 0.416 e. The quantitative estimate of drug-likeness (QED) is 0.566. The number of carbonyl (C=O) groups excluding carboxylic acids is 1. The molecular formula is C18H13ClF3N3OS. The molecule has 0 aliphatic rings. The van der Waals surface area contributed by atoms with Crippen molar-refractivity contribution in [2.45, 2.75) is 22.9 Å². The smallest absolute Gasteiger partial charge is 0.306 e. The lowest BCUT2D eigenvalue weighted by Crippen LogP contribution is -2.22. The van der Waals surface area contributed by atoms with Crippen molar-refractivity contribution < 1.29 is 18.0 Å². The Hall–Kier alpha value is -2.45. The number of nitrogens with one attached hydrogen (secondary N) is 1. The van der Waals surface area contributed by atoms with E-state index in [9.17, 15) is 18.0 Å². The minimum atomic E-state index is -4.48. The van der Waals surface area contributed by atoms with E-state index in [1.54, 1.807) is 19.1 Å². The van der Waals surface area contributed by atoms with Crippen molar-refractivity contribution in [2.24, 2.45) is 0 Å². The molecular weight excluding hydrogens is 399 g/mol. The summed E-state index contributed by atoms with van der Waals surface area (Å²) in [5.41, 5.74) is -0.229. The van der Waals surface area contributed by atoms with Gasteiger partial charge in [0.2, 0.25) is 0 Å². The Balaban J connectivity index is 1.76. The lowest BCUT2D eigenvalue weighted by Gasteiger charge is -2.10. The van der Waals surface area contributed by atoms with E-state index in [0.29, 0.717) is 10.7 Å². The average molecular weight is 412 g/mol. The van der Waals surface area contributed by atoms with Crippen molar-refractivity contribution in [2.75, 3.05) is 5.32 Å². The lowest BCUT2D eigenvalue weighted by atomic mass is 10.2. The number of hydrogen-bond acceptors (Lipinski definition) is 3. The Kier molecular flexibility index (Phi) is 5.48. The molecule has 0 bridgehead atoms. The summed E-state index contributed by atoms with van der Waals surface area (Å²) in [6.07, 6.45) is -2.95. The molecule has 0 spiro atoms. The van der Waals surface area contributed by atoms with Gasteiger partial charge in [0.25, 0.3) is 0 Å². The number of benzene rings is 2. The molecule has 0 atom stereocenters. The average Bonchev–Trinajstić information content (AvgIpc) is 2.97. The summed E-state index contributed by atoms with van der Waals surface area (Å²) >= 11 is 7.26. The van der Waals surface area contributed by atoms with Gasteiger partial charge in [0.15, 0.2) is 0 Å². The molecule has 9 heteroatoms. The van der Waals surface area contributed by atoms with Gasteiger partial charge in [0, 0.05) is 15.6 Å². The number of rotatable bonds is 3. The molecule has 2 aromatic carbocycles. The molecule has 3 rings (SSSR count). The zero-order valence-corrected chi connectivity index (χ0v) is 15.5. The first-order valence-corrected chi connectivity index (χ1v) is 8.90. The number of halogens is 4. The molecule has 27 heavy (non-hydrogen) atoms. The second-order valence-electron chi connectivity index (χ2n) is 5.57. The Labute approximate surface area is 162 Å². The molecule has 4 nitrogen and oxygen atoms in total. The normalized spacial score (nSPS) is 11.4. The number of anilines is 1. The van der Waals surface area contributed by atoms with Gasteiger partial charge < -0.3 is 5.32 Å². The number of alkyl halides is 3. The van der Waals surface area contributed by atoms with Crippen LogP contribution < -0.4 is 5.32 Å². The summed E-state index contributed by atoms with van der Waals surface area (Å²) in [6.45, 7) is 1.71. The summed E-state index contributed by atoms with van der Waals surface area (Å²) in [4.78, 5) is 14.1. The molecule has 140 valence electrons. The minimum absolute atomic E-state index is 0.0385. The van der Waals surface area contributed by atoms with Gasteiger partial charge in [-0.05, 0) is 49.4 Å². The summed E-state index contributed by atoms with van der Waals surface area (Å²) < 4.78 is 39.5. The molecule has 1 N–H and O–H groups in total. The second-order valence-corrected chi connectivity index (χ2v) is 7.12. The van der Waals surface area contributed by atoms with Crippen LogP contribution in [0.2, 0.25) is 5.02 Å². The Morgan fingerprint density at radius 1 is 1.19 bits per heavy atom. The molecule has 0 unspecified atom stereocenters. The zero-order chi connectivity index (χ0) is 19.6. The van der Waals surface area contributed by atoms with Crippen molar-refractivity contribution in [3.63, 3.8) is 0 Å². The first-order valence-electron chi connectivity index (χ1n) is 7.71. The minimum Gasteiger partial charge on any atom is -0.306 e. The van der Waals surface area contributed by atoms with Crippen LogP contribution >= 0.6 is 23.4 Å². The van der Waals surface area contributed by atoms with Gasteiger partial charge in [0.05, 0.1) is 22.3 Å². The van der Waals surface area contributed by atoms with Crippen molar-refractivity contribution in [3.05, 3.63) is 71.0 Å². The fraction of sp³-hybridized carbons (Fsp3) is 0.111. The first kappa shape index (κ1) is 19.3. The van der Waals surface area contributed by atoms with Gasteiger partial charge in [-0.1, -0.05) is 29.4 Å². The van der Waals surface area contributed by atoms with Crippen molar-refractivity contribution in [3.8, 4) is 0 Å². The third-order valence-corrected chi connectivity index (χ3v) is 5.02. The first-order chi connectivity index (χ1) is 12.7. The van der Waals surface area contributed by atoms with Gasteiger partial charge in [-0.25, -0.2) is 4.79 Å². The van der Waals surface area contributed by atoms with E-state index in [2.05, 4.69) is 10.4 Å². The van der Waals surface area contributed by atoms with Crippen LogP contribution in [-0.2, 0) is 6.18 Å². The van der Waals surface area contributed by atoms with E-state index in [4.69, 9.17) is 11.6 Å². The Morgan fingerprint density at radius 2 is 1.89 bits per heavy atom. The van der Waals surface area contributed by atoms with E-state index < -0.39 is 17.8 Å². The van der Waals surface area contributed by atoms with E-state index in [-0.39, 0.29) is 5.69 Å². The van der Waals surface area contributed by atoms with Gasteiger partial charge in [-0.2, -0.15) is 23.0 Å². The van der Waals surface area contributed by atoms with Crippen LogP contribution in [0.5, 0.6) is 0 Å². The zero-order valence-electron chi connectivity index (χ0n) is 13.9. The second kappa shape index (κ2) is 7.66. The fourth-order valence-corrected chi connectivity index (χ4v) is 3.26. The lowest BCUT2D eigenvalue weighted by molar-refractivity contribution is -0.137. The molecule has 0 radical (unpaired) electrons. The molecule has 0 aliphatic heterocycles. The van der Waals surface area contributed by atoms with Gasteiger partial charge in [-0.15, -0.1) is 0 Å². The third kappa shape index (κ3) is 4.64. The standard InChI is InChI=1S/C18H13ClF3N3OS/c1-11-16(27-15-7-5-13(19)6-8-15)10-23-25(11)17(26)24-14-4-2-3-12(9-14)18(20,21)22/h2-10H,1H3,(H,24,26). The maximum atomic E-state index is 12.8. The molecule has 0 aliphatic carbocycles. The van der Waals surface area contributed by atoms with Crippen LogP contribution in [0.1, 0.15) is 11.3 Å². The maximum absolute atomic E-state index is 12.8. The van der Waals surface area contributed by atoms with Gasteiger partial charge in [0.1, 0.15) is 0 Å². The number of nitrogens with zero attached hydrogens (tertiary/aromatic N) is 2. The van der Waals surface area contributed by atoms with Crippen molar-refractivity contribution in [1.29, 1.82) is 0 Å². The van der Waals surface area contributed by atoms with E-state index in [1.165, 1.54) is 30.1 Å². The molecule has 1 amide bonds. The summed E-state index contributed by atoms with van der Waals surface area (Å²) in [5, 5.41) is 7.08. The van der Waals surface area contributed by atoms with Crippen LogP contribution in [0.15, 0.2) is 64.5 Å². The highest BCUT2D eigenvalue weighted by Gasteiger charge is 2.30. The predicted octanol–water partition coefficient (Wildman–Crippen LogP) is 6.10. The molecule has 0 saturated heterocycles. The highest BCUT2D eigenvalue weighted by Crippen LogP contribution is 2.32. The van der Waals surface area contributed by atoms with E-state index in [1.807, 2.05) is 12.1 Å². The molecule has 1 aromatic heterocycles. The summed E-state index contributed by atoms with van der Waals surface area (Å²) in [5.74, 6) is 0. The van der Waals surface area contributed by atoms with Crippen LogP contribution in [0.4, 0.5) is 23.7 Å². The van der Waals surface area contributed by atoms with Gasteiger partial charge >= 0.3 is 12.2 Å². The predicted molar refractivity (Wildman–Crippen MR) is 98.4 cm³/mol. The topological polar surface area (TPSA) is 46.9 Å². The number of aromatic nitrogens is 2. The third-order valence-electron chi connectivity index (χ3n) is 3.64. The number of hydrogen-bond donors (Lipinski definition) is 1. The molecule has 1 heterocycles. The van der Waals surface area contributed by atoms with Crippen LogP contribution in [0.3, 0.4) is 0 Å². The van der Waals surface area contributed by atoms with Crippen LogP contribution in [0.25, 0.3) is 0 Å². The molecule has 3 aromatic rings. The number of carbonyl (C=O) groups is 1.